The first kappa shape index (κ1) is 14.2. The van der Waals surface area contributed by atoms with Gasteiger partial charge in [0, 0.05) is 5.69 Å². The van der Waals surface area contributed by atoms with Crippen LogP contribution in [0.1, 0.15) is 10.4 Å². The molecule has 0 fully saturated rings. The van der Waals surface area contributed by atoms with Crippen LogP contribution in [0.15, 0.2) is 55.1 Å². The van der Waals surface area contributed by atoms with Crippen LogP contribution in [0, 0.1) is 5.82 Å². The molecule has 110 valence electrons. The van der Waals surface area contributed by atoms with E-state index in [1.54, 1.807) is 35.3 Å². The van der Waals surface area contributed by atoms with Crippen LogP contribution >= 0.6 is 11.6 Å². The number of nitrogens with one attached hydrogen (secondary N) is 1. The maximum atomic E-state index is 13.0. The molecule has 0 aliphatic rings. The molecule has 0 spiro atoms. The SMILES string of the molecule is O=C(Nc1ccc(-n2cncn2)cc1)c1ccc(F)cc1Cl. The lowest BCUT2D eigenvalue weighted by Crippen LogP contribution is -2.12. The fourth-order valence-corrected chi connectivity index (χ4v) is 2.16. The summed E-state index contributed by atoms with van der Waals surface area (Å²) in [6.45, 7) is 0. The largest absolute Gasteiger partial charge is 0.322 e. The van der Waals surface area contributed by atoms with Crippen molar-refractivity contribution in [3.63, 3.8) is 0 Å². The number of hydrogen-bond donors (Lipinski definition) is 1. The van der Waals surface area contributed by atoms with Gasteiger partial charge >= 0.3 is 0 Å². The minimum absolute atomic E-state index is 0.0664. The van der Waals surface area contributed by atoms with Crippen molar-refractivity contribution in [3.8, 4) is 5.69 Å². The van der Waals surface area contributed by atoms with Crippen LogP contribution in [0.4, 0.5) is 10.1 Å². The molecule has 0 atom stereocenters. The molecule has 3 aromatic rings. The van der Waals surface area contributed by atoms with Gasteiger partial charge in [0.25, 0.3) is 5.91 Å². The number of amides is 1. The zero-order valence-electron chi connectivity index (χ0n) is 11.2. The number of anilines is 1. The molecule has 1 heterocycles. The molecule has 0 radical (unpaired) electrons. The van der Waals surface area contributed by atoms with Gasteiger partial charge in [0.1, 0.15) is 18.5 Å². The molecule has 0 bridgehead atoms. The van der Waals surface area contributed by atoms with E-state index >= 15 is 0 Å². The third kappa shape index (κ3) is 2.96. The van der Waals surface area contributed by atoms with Crippen molar-refractivity contribution in [1.29, 1.82) is 0 Å². The Hall–Kier alpha value is -2.73. The lowest BCUT2D eigenvalue weighted by atomic mass is 10.2. The van der Waals surface area contributed by atoms with Crippen molar-refractivity contribution in [1.82, 2.24) is 14.8 Å². The van der Waals surface area contributed by atoms with Crippen molar-refractivity contribution in [2.75, 3.05) is 5.32 Å². The van der Waals surface area contributed by atoms with Crippen LogP contribution in [0.25, 0.3) is 5.69 Å². The number of halogens is 2. The fourth-order valence-electron chi connectivity index (χ4n) is 1.91. The minimum Gasteiger partial charge on any atom is -0.322 e. The zero-order chi connectivity index (χ0) is 15.5. The molecule has 3 rings (SSSR count). The van der Waals surface area contributed by atoms with Crippen molar-refractivity contribution in [2.45, 2.75) is 0 Å². The van der Waals surface area contributed by atoms with Crippen LogP contribution in [0.2, 0.25) is 5.02 Å². The van der Waals surface area contributed by atoms with Crippen LogP contribution in [0.5, 0.6) is 0 Å². The van der Waals surface area contributed by atoms with Gasteiger partial charge in [-0.2, -0.15) is 5.10 Å². The molecule has 0 saturated heterocycles. The van der Waals surface area contributed by atoms with Gasteiger partial charge in [0.15, 0.2) is 0 Å². The van der Waals surface area contributed by atoms with Gasteiger partial charge in [-0.25, -0.2) is 14.1 Å². The van der Waals surface area contributed by atoms with Crippen molar-refractivity contribution in [3.05, 3.63) is 71.5 Å². The first-order chi connectivity index (χ1) is 10.6. The first-order valence-electron chi connectivity index (χ1n) is 6.35. The average molecular weight is 317 g/mol. The summed E-state index contributed by atoms with van der Waals surface area (Å²) >= 11 is 5.86. The number of rotatable bonds is 3. The Balaban J connectivity index is 1.77. The second-order valence-electron chi connectivity index (χ2n) is 4.47. The van der Waals surface area contributed by atoms with E-state index < -0.39 is 11.7 Å². The second-order valence-corrected chi connectivity index (χ2v) is 4.87. The summed E-state index contributed by atoms with van der Waals surface area (Å²) in [5.74, 6) is -0.891. The van der Waals surface area contributed by atoms with Crippen LogP contribution in [0.3, 0.4) is 0 Å². The number of hydrogen-bond acceptors (Lipinski definition) is 3. The highest BCUT2D eigenvalue weighted by molar-refractivity contribution is 6.34. The van der Waals surface area contributed by atoms with Gasteiger partial charge in [-0.05, 0) is 42.5 Å². The second kappa shape index (κ2) is 5.95. The Kier molecular flexibility index (Phi) is 3.84. The van der Waals surface area contributed by atoms with Gasteiger partial charge in [-0.1, -0.05) is 11.6 Å². The Morgan fingerprint density at radius 1 is 1.18 bits per heavy atom. The molecule has 1 N–H and O–H groups in total. The van der Waals surface area contributed by atoms with E-state index in [1.165, 1.54) is 18.5 Å². The van der Waals surface area contributed by atoms with Gasteiger partial charge in [-0.15, -0.1) is 0 Å². The van der Waals surface area contributed by atoms with E-state index in [-0.39, 0.29) is 10.6 Å². The number of benzene rings is 2. The highest BCUT2D eigenvalue weighted by Crippen LogP contribution is 2.19. The summed E-state index contributed by atoms with van der Waals surface area (Å²) in [5.41, 5.74) is 1.62. The molecule has 2 aromatic carbocycles. The summed E-state index contributed by atoms with van der Waals surface area (Å²) in [4.78, 5) is 16.0. The van der Waals surface area contributed by atoms with Crippen LogP contribution < -0.4 is 5.32 Å². The molecule has 1 aromatic heterocycles. The Labute approximate surface area is 130 Å². The summed E-state index contributed by atoms with van der Waals surface area (Å²) in [6.07, 6.45) is 3.01. The molecule has 22 heavy (non-hydrogen) atoms. The minimum atomic E-state index is -0.487. The van der Waals surface area contributed by atoms with E-state index in [9.17, 15) is 9.18 Å². The van der Waals surface area contributed by atoms with Gasteiger partial charge < -0.3 is 5.32 Å². The van der Waals surface area contributed by atoms with Crippen molar-refractivity contribution >= 4 is 23.2 Å². The Morgan fingerprint density at radius 3 is 2.59 bits per heavy atom. The first-order valence-corrected chi connectivity index (χ1v) is 6.73. The number of nitrogens with zero attached hydrogens (tertiary/aromatic N) is 3. The lowest BCUT2D eigenvalue weighted by Gasteiger charge is -2.08. The lowest BCUT2D eigenvalue weighted by molar-refractivity contribution is 0.102. The van der Waals surface area contributed by atoms with Crippen LogP contribution in [-0.2, 0) is 0 Å². The average Bonchev–Trinajstić information content (AvgIpc) is 3.02. The van der Waals surface area contributed by atoms with E-state index in [4.69, 9.17) is 11.6 Å². The molecule has 0 saturated carbocycles. The Morgan fingerprint density at radius 2 is 1.95 bits per heavy atom. The maximum Gasteiger partial charge on any atom is 0.257 e. The smallest absolute Gasteiger partial charge is 0.257 e. The third-order valence-electron chi connectivity index (χ3n) is 2.98. The molecular formula is C15H10ClFN4O. The fraction of sp³-hybridized carbons (Fsp3) is 0. The third-order valence-corrected chi connectivity index (χ3v) is 3.30. The standard InChI is InChI=1S/C15H10ClFN4O/c16-14-7-10(17)1-6-13(14)15(22)20-11-2-4-12(5-3-11)21-9-18-8-19-21/h1-9H,(H,20,22). The summed E-state index contributed by atoms with van der Waals surface area (Å²) in [5, 5.41) is 6.78. The molecule has 0 aliphatic heterocycles. The Bertz CT molecular complexity index is 803. The highest BCUT2D eigenvalue weighted by Gasteiger charge is 2.11. The van der Waals surface area contributed by atoms with Crippen molar-refractivity contribution in [2.24, 2.45) is 0 Å². The normalized spacial score (nSPS) is 10.5. The topological polar surface area (TPSA) is 59.8 Å². The quantitative estimate of drug-likeness (QED) is 0.806. The predicted molar refractivity (Wildman–Crippen MR) is 80.7 cm³/mol. The maximum absolute atomic E-state index is 13.0. The number of aromatic nitrogens is 3. The zero-order valence-corrected chi connectivity index (χ0v) is 12.0. The summed E-state index contributed by atoms with van der Waals surface area (Å²) in [6, 6.07) is 10.7. The van der Waals surface area contributed by atoms with Crippen molar-refractivity contribution < 1.29 is 9.18 Å². The van der Waals surface area contributed by atoms with E-state index in [2.05, 4.69) is 15.4 Å². The predicted octanol–water partition coefficient (Wildman–Crippen LogP) is 3.31. The number of carbonyl (C=O) groups excluding carboxylic acids is 1. The monoisotopic (exact) mass is 316 g/mol. The van der Waals surface area contributed by atoms with E-state index in [0.717, 1.165) is 11.8 Å². The molecule has 1 amide bonds. The summed E-state index contributed by atoms with van der Waals surface area (Å²) < 4.78 is 14.6. The highest BCUT2D eigenvalue weighted by atomic mass is 35.5. The number of carbonyl (C=O) groups is 1. The van der Waals surface area contributed by atoms with Gasteiger partial charge in [0.2, 0.25) is 0 Å². The molecular weight excluding hydrogens is 307 g/mol. The van der Waals surface area contributed by atoms with E-state index in [0.29, 0.717) is 5.69 Å². The van der Waals surface area contributed by atoms with Gasteiger partial charge in [0.05, 0.1) is 16.3 Å². The molecule has 0 aliphatic carbocycles. The van der Waals surface area contributed by atoms with E-state index in [1.807, 2.05) is 0 Å². The summed E-state index contributed by atoms with van der Waals surface area (Å²) in [7, 11) is 0. The van der Waals surface area contributed by atoms with Gasteiger partial charge in [-0.3, -0.25) is 4.79 Å². The molecule has 5 nitrogen and oxygen atoms in total. The van der Waals surface area contributed by atoms with Crippen LogP contribution in [-0.4, -0.2) is 20.7 Å². The molecule has 0 unspecified atom stereocenters. The molecule has 7 heteroatoms.